The van der Waals surface area contributed by atoms with Crippen molar-refractivity contribution in [1.82, 2.24) is 4.90 Å². The molecular weight excluding hydrogens is 461 g/mol. The van der Waals surface area contributed by atoms with Crippen LogP contribution in [0.2, 0.25) is 0 Å². The van der Waals surface area contributed by atoms with Crippen LogP contribution in [0.4, 0.5) is 10.2 Å². The van der Waals surface area contributed by atoms with Crippen LogP contribution in [0.5, 0.6) is 5.75 Å². The zero-order valence-corrected chi connectivity index (χ0v) is 19.6. The third-order valence-electron chi connectivity index (χ3n) is 5.80. The number of aromatic nitrogens is 1. The highest BCUT2D eigenvalue weighted by atomic mass is 32.2. The van der Waals surface area contributed by atoms with Crippen molar-refractivity contribution in [3.05, 3.63) is 76.4 Å². The second-order valence-electron chi connectivity index (χ2n) is 8.10. The van der Waals surface area contributed by atoms with Crippen LogP contribution in [0.1, 0.15) is 28.4 Å². The van der Waals surface area contributed by atoms with Crippen LogP contribution in [0, 0.1) is 11.0 Å². The Morgan fingerprint density at radius 2 is 1.94 bits per heavy atom. The van der Waals surface area contributed by atoms with Gasteiger partial charge >= 0.3 is 0 Å². The molecule has 0 atom stereocenters. The van der Waals surface area contributed by atoms with Gasteiger partial charge in [0, 0.05) is 41.1 Å². The van der Waals surface area contributed by atoms with Crippen LogP contribution in [-0.4, -0.2) is 38.6 Å². The number of benzene rings is 2. The number of nitrogen functional groups attached to an aromatic ring is 1. The number of amides is 1. The molecular formula is C24H24FN3O5S. The molecule has 1 aliphatic heterocycles. The number of fused-ring (bicyclic) bond motifs is 1. The lowest BCUT2D eigenvalue weighted by Gasteiger charge is -2.22. The predicted octanol–water partition coefficient (Wildman–Crippen LogP) is 2.71. The smallest absolute Gasteiger partial charge is 0.275 e. The Hall–Kier alpha value is -3.66. The van der Waals surface area contributed by atoms with E-state index >= 15 is 0 Å². The van der Waals surface area contributed by atoms with Crippen molar-refractivity contribution >= 4 is 21.6 Å². The van der Waals surface area contributed by atoms with E-state index in [1.54, 1.807) is 24.0 Å². The molecule has 0 radical (unpaired) electrons. The quantitative estimate of drug-likeness (QED) is 0.449. The molecule has 2 aromatic carbocycles. The Labute approximate surface area is 196 Å². The minimum Gasteiger partial charge on any atom is -0.711 e. The second-order valence-corrected chi connectivity index (χ2v) is 10.1. The van der Waals surface area contributed by atoms with E-state index in [9.17, 15) is 22.8 Å². The van der Waals surface area contributed by atoms with Crippen LogP contribution in [0.15, 0.2) is 53.6 Å². The van der Waals surface area contributed by atoms with Crippen LogP contribution in [-0.2, 0) is 22.8 Å². The number of pyridine rings is 1. The van der Waals surface area contributed by atoms with Crippen molar-refractivity contribution in [2.45, 2.75) is 24.8 Å². The van der Waals surface area contributed by atoms with E-state index in [1.165, 1.54) is 18.3 Å². The van der Waals surface area contributed by atoms with Crippen LogP contribution < -0.4 is 15.2 Å². The maximum Gasteiger partial charge on any atom is 0.275 e. The summed E-state index contributed by atoms with van der Waals surface area (Å²) in [5.41, 5.74) is 7.91. The second kappa shape index (κ2) is 8.94. The average Bonchev–Trinajstić information content (AvgIpc) is 3.01. The molecule has 4 rings (SSSR count). The molecule has 3 aromatic rings. The topological polar surface area (TPSA) is 117 Å². The van der Waals surface area contributed by atoms with Gasteiger partial charge in [-0.1, -0.05) is 13.0 Å². The minimum absolute atomic E-state index is 0.0638. The van der Waals surface area contributed by atoms with E-state index in [0.29, 0.717) is 16.0 Å². The number of carbonyl (C=O) groups excluding carboxylic acids is 1. The zero-order chi connectivity index (χ0) is 24.6. The summed E-state index contributed by atoms with van der Waals surface area (Å²) >= 11 is 0. The van der Waals surface area contributed by atoms with Gasteiger partial charge in [0.2, 0.25) is 0 Å². The highest BCUT2D eigenvalue weighted by Gasteiger charge is 2.27. The van der Waals surface area contributed by atoms with Gasteiger partial charge in [0.25, 0.3) is 11.7 Å². The monoisotopic (exact) mass is 485 g/mol. The number of ether oxygens (including phenoxy) is 1. The number of carbonyl (C=O) groups is 1. The van der Waals surface area contributed by atoms with Crippen molar-refractivity contribution in [2.24, 2.45) is 0 Å². The molecule has 34 heavy (non-hydrogen) atoms. The summed E-state index contributed by atoms with van der Waals surface area (Å²) in [6.07, 6.45) is 2.47. The van der Waals surface area contributed by atoms with Crippen molar-refractivity contribution in [3.8, 4) is 16.9 Å². The predicted molar refractivity (Wildman–Crippen MR) is 124 cm³/mol. The first-order valence-electron chi connectivity index (χ1n) is 10.7. The van der Waals surface area contributed by atoms with Gasteiger partial charge in [0.15, 0.2) is 9.84 Å². The molecule has 8 nitrogen and oxygen atoms in total. The Morgan fingerprint density at radius 3 is 2.62 bits per heavy atom. The Bertz CT molecular complexity index is 1390. The summed E-state index contributed by atoms with van der Waals surface area (Å²) < 4.78 is 45.1. The average molecular weight is 486 g/mol. The van der Waals surface area contributed by atoms with Crippen LogP contribution in [0.25, 0.3) is 11.1 Å². The molecule has 0 saturated heterocycles. The Kier molecular flexibility index (Phi) is 6.18. The van der Waals surface area contributed by atoms with Crippen molar-refractivity contribution in [2.75, 3.05) is 25.1 Å². The Balaban J connectivity index is 1.69. The maximum absolute atomic E-state index is 15.0. The molecule has 0 spiro atoms. The molecule has 0 saturated carbocycles. The molecule has 10 heteroatoms. The lowest BCUT2D eigenvalue weighted by molar-refractivity contribution is -0.589. The standard InChI is InChI=1S/C24H24FN3O5S/c1-3-18-19(6-8-21(23(18)25)34(2,31)32)24(29)27-10-11-33-20-7-4-15(12-17(20)13-27)16-5-9-22(26)28(30)14-16/h4-9,12,14H,3,10-11,13,26H2,1-2H3. The van der Waals surface area contributed by atoms with Gasteiger partial charge in [0.1, 0.15) is 29.3 Å². The molecule has 178 valence electrons. The highest BCUT2D eigenvalue weighted by Crippen LogP contribution is 2.30. The number of halogens is 1. The maximum atomic E-state index is 15.0. The van der Waals surface area contributed by atoms with Gasteiger partial charge in [-0.2, -0.15) is 0 Å². The summed E-state index contributed by atoms with van der Waals surface area (Å²) in [4.78, 5) is 14.5. The molecule has 1 amide bonds. The van der Waals surface area contributed by atoms with Gasteiger partial charge in [-0.25, -0.2) is 17.5 Å². The molecule has 1 aromatic heterocycles. The van der Waals surface area contributed by atoms with E-state index in [2.05, 4.69) is 0 Å². The van der Waals surface area contributed by atoms with Gasteiger partial charge in [0.05, 0.1) is 6.54 Å². The first kappa shape index (κ1) is 23.5. The van der Waals surface area contributed by atoms with E-state index < -0.39 is 26.5 Å². The van der Waals surface area contributed by atoms with Crippen molar-refractivity contribution in [3.63, 3.8) is 0 Å². The van der Waals surface area contributed by atoms with Gasteiger partial charge in [-0.05, 0) is 42.3 Å². The normalized spacial score (nSPS) is 13.7. The lowest BCUT2D eigenvalue weighted by Crippen LogP contribution is -2.33. The number of hydrogen-bond donors (Lipinski definition) is 1. The van der Waals surface area contributed by atoms with E-state index in [0.717, 1.165) is 23.4 Å². The zero-order valence-electron chi connectivity index (χ0n) is 18.7. The molecule has 0 fully saturated rings. The third-order valence-corrected chi connectivity index (χ3v) is 6.91. The third kappa shape index (κ3) is 4.41. The summed E-state index contributed by atoms with van der Waals surface area (Å²) in [5.74, 6) is -0.611. The summed E-state index contributed by atoms with van der Waals surface area (Å²) in [5, 5.41) is 11.9. The first-order valence-corrected chi connectivity index (χ1v) is 12.5. The highest BCUT2D eigenvalue weighted by molar-refractivity contribution is 7.90. The molecule has 0 aliphatic carbocycles. The number of hydrogen-bond acceptors (Lipinski definition) is 6. The lowest BCUT2D eigenvalue weighted by atomic mass is 10.0. The van der Waals surface area contributed by atoms with E-state index in [4.69, 9.17) is 10.5 Å². The molecule has 1 aliphatic rings. The SMILES string of the molecule is CCc1c(C(=O)N2CCOc3ccc(-c4ccc(N)[n+]([O-])c4)cc3C2)ccc(S(C)(=O)=O)c1F. The van der Waals surface area contributed by atoms with Crippen LogP contribution in [0.3, 0.4) is 0 Å². The van der Waals surface area contributed by atoms with Gasteiger partial charge in [-0.3, -0.25) is 10.5 Å². The van der Waals surface area contributed by atoms with E-state index in [-0.39, 0.29) is 43.1 Å². The minimum atomic E-state index is -3.77. The van der Waals surface area contributed by atoms with Gasteiger partial charge < -0.3 is 14.8 Å². The first-order chi connectivity index (χ1) is 16.1. The summed E-state index contributed by atoms with van der Waals surface area (Å²) in [7, 11) is -3.77. The molecule has 0 unspecified atom stereocenters. The van der Waals surface area contributed by atoms with Crippen molar-refractivity contribution < 1.29 is 27.1 Å². The number of sulfone groups is 1. The van der Waals surface area contributed by atoms with Crippen LogP contribution >= 0.6 is 0 Å². The Morgan fingerprint density at radius 1 is 1.21 bits per heavy atom. The summed E-state index contributed by atoms with van der Waals surface area (Å²) in [6, 6.07) is 11.2. The summed E-state index contributed by atoms with van der Waals surface area (Å²) in [6.45, 7) is 2.38. The number of rotatable bonds is 4. The fourth-order valence-corrected chi connectivity index (χ4v) is 4.78. The number of nitrogens with zero attached hydrogens (tertiary/aromatic N) is 2. The molecule has 2 N–H and O–H groups in total. The van der Waals surface area contributed by atoms with Crippen molar-refractivity contribution in [1.29, 1.82) is 0 Å². The van der Waals surface area contributed by atoms with E-state index in [1.807, 2.05) is 12.1 Å². The largest absolute Gasteiger partial charge is 0.711 e. The number of nitrogens with two attached hydrogens (primary N) is 1. The molecule has 2 heterocycles. The fraction of sp³-hybridized carbons (Fsp3) is 0.250. The fourth-order valence-electron chi connectivity index (χ4n) is 4.01. The molecule has 0 bridgehead atoms. The van der Waals surface area contributed by atoms with Gasteiger partial charge in [-0.15, -0.1) is 0 Å². The number of anilines is 1.